The van der Waals surface area contributed by atoms with Gasteiger partial charge in [-0.3, -0.25) is 0 Å². The molecule has 0 heterocycles. The lowest BCUT2D eigenvalue weighted by molar-refractivity contribution is 1.54. The molecule has 0 atom stereocenters. The zero-order valence-corrected chi connectivity index (χ0v) is 12.6. The van der Waals surface area contributed by atoms with Crippen LogP contribution in [-0.2, 0) is 0 Å². The minimum absolute atomic E-state index is 0.514. The summed E-state index contributed by atoms with van der Waals surface area (Å²) < 4.78 is 1.87. The minimum Gasteiger partial charge on any atom is -0.0836 e. The smallest absolute Gasteiger partial charge is 0.0579 e. The van der Waals surface area contributed by atoms with Crippen LogP contribution in [-0.4, -0.2) is 0 Å². The highest BCUT2D eigenvalue weighted by Crippen LogP contribution is 2.42. The van der Waals surface area contributed by atoms with E-state index in [0.29, 0.717) is 10.0 Å². The quantitative estimate of drug-likeness (QED) is 0.571. The first-order valence-corrected chi connectivity index (χ1v) is 6.75. The standard InChI is InChI=1S/C12H5Br2Cl2/c13-7-3-1-4-8(14)11(7)12-9(15)5-2-6-10(12)16/h1-5H. The van der Waals surface area contributed by atoms with Gasteiger partial charge in [0.2, 0.25) is 0 Å². The van der Waals surface area contributed by atoms with Gasteiger partial charge in [-0.05, 0) is 18.2 Å². The molecule has 0 spiro atoms. The van der Waals surface area contributed by atoms with E-state index in [1.165, 1.54) is 0 Å². The number of benzene rings is 2. The third kappa shape index (κ3) is 2.30. The van der Waals surface area contributed by atoms with E-state index in [-0.39, 0.29) is 0 Å². The first-order valence-electron chi connectivity index (χ1n) is 4.41. The molecule has 0 aliphatic carbocycles. The summed E-state index contributed by atoms with van der Waals surface area (Å²) in [5.41, 5.74) is 1.72. The summed E-state index contributed by atoms with van der Waals surface area (Å²) in [7, 11) is 0. The molecule has 0 nitrogen and oxygen atoms in total. The van der Waals surface area contributed by atoms with Gasteiger partial charge in [-0.2, -0.15) is 0 Å². The van der Waals surface area contributed by atoms with E-state index < -0.39 is 0 Å². The van der Waals surface area contributed by atoms with Crippen molar-refractivity contribution in [3.63, 3.8) is 0 Å². The molecule has 2 aromatic carbocycles. The van der Waals surface area contributed by atoms with Gasteiger partial charge in [-0.1, -0.05) is 67.2 Å². The molecular weight excluding hydrogens is 375 g/mol. The molecule has 81 valence electrons. The lowest BCUT2D eigenvalue weighted by Crippen LogP contribution is -1.85. The van der Waals surface area contributed by atoms with Gasteiger partial charge in [0.15, 0.2) is 0 Å². The Morgan fingerprint density at radius 2 is 1.56 bits per heavy atom. The molecule has 1 radical (unpaired) electrons. The van der Waals surface area contributed by atoms with Crippen LogP contribution in [0.1, 0.15) is 0 Å². The second-order valence-electron chi connectivity index (χ2n) is 3.11. The monoisotopic (exact) mass is 377 g/mol. The fraction of sp³-hybridized carbons (Fsp3) is 0. The third-order valence-electron chi connectivity index (χ3n) is 2.11. The Bertz CT molecular complexity index is 449. The molecule has 2 rings (SSSR count). The van der Waals surface area contributed by atoms with Crippen LogP contribution in [0.3, 0.4) is 0 Å². The van der Waals surface area contributed by atoms with Crippen molar-refractivity contribution in [1.82, 2.24) is 0 Å². The maximum absolute atomic E-state index is 6.16. The van der Waals surface area contributed by atoms with Crippen LogP contribution in [0, 0.1) is 6.07 Å². The van der Waals surface area contributed by atoms with Crippen LogP contribution in [0.2, 0.25) is 10.0 Å². The summed E-state index contributed by atoms with van der Waals surface area (Å²) in [5.74, 6) is 0. The zero-order valence-electron chi connectivity index (χ0n) is 7.90. The molecule has 0 saturated heterocycles. The number of rotatable bonds is 1. The molecule has 0 unspecified atom stereocenters. The second-order valence-corrected chi connectivity index (χ2v) is 5.61. The molecule has 0 aliphatic heterocycles. The highest BCUT2D eigenvalue weighted by molar-refractivity contribution is 9.11. The van der Waals surface area contributed by atoms with Gasteiger partial charge < -0.3 is 0 Å². The zero-order chi connectivity index (χ0) is 11.7. The van der Waals surface area contributed by atoms with E-state index in [1.54, 1.807) is 12.1 Å². The van der Waals surface area contributed by atoms with E-state index in [1.807, 2.05) is 18.2 Å². The molecule has 0 aromatic heterocycles. The van der Waals surface area contributed by atoms with Crippen molar-refractivity contribution in [2.45, 2.75) is 0 Å². The summed E-state index contributed by atoms with van der Waals surface area (Å²) in [6.07, 6.45) is 0. The van der Waals surface area contributed by atoms with Crippen molar-refractivity contribution >= 4 is 55.1 Å². The number of halogens is 4. The van der Waals surface area contributed by atoms with Gasteiger partial charge in [0.25, 0.3) is 0 Å². The van der Waals surface area contributed by atoms with Crippen molar-refractivity contribution in [3.05, 3.63) is 55.4 Å². The highest BCUT2D eigenvalue weighted by atomic mass is 79.9. The van der Waals surface area contributed by atoms with Gasteiger partial charge in [-0.15, -0.1) is 0 Å². The second kappa shape index (κ2) is 5.09. The number of hydrogen-bond donors (Lipinski definition) is 0. The Morgan fingerprint density at radius 1 is 0.938 bits per heavy atom. The van der Waals surface area contributed by atoms with Gasteiger partial charge in [0.1, 0.15) is 0 Å². The third-order valence-corrected chi connectivity index (χ3v) is 4.05. The van der Waals surface area contributed by atoms with Crippen LogP contribution < -0.4 is 0 Å². The minimum atomic E-state index is 0.514. The van der Waals surface area contributed by atoms with Crippen molar-refractivity contribution in [1.29, 1.82) is 0 Å². The van der Waals surface area contributed by atoms with E-state index in [4.69, 9.17) is 23.2 Å². The summed E-state index contributed by atoms with van der Waals surface area (Å²) in [4.78, 5) is 0. The van der Waals surface area contributed by atoms with Crippen molar-refractivity contribution in [2.24, 2.45) is 0 Å². The molecule has 4 heteroatoms. The van der Waals surface area contributed by atoms with Crippen LogP contribution in [0.15, 0.2) is 39.3 Å². The molecule has 0 N–H and O–H groups in total. The molecule has 0 bridgehead atoms. The van der Waals surface area contributed by atoms with Crippen LogP contribution in [0.5, 0.6) is 0 Å². The maximum Gasteiger partial charge on any atom is 0.0579 e. The predicted octanol–water partition coefficient (Wildman–Crippen LogP) is 5.99. The first kappa shape index (κ1) is 12.4. The van der Waals surface area contributed by atoms with E-state index >= 15 is 0 Å². The molecular formula is C12H5Br2Cl2. The molecule has 0 saturated carbocycles. The lowest BCUT2D eigenvalue weighted by Gasteiger charge is -2.10. The maximum atomic E-state index is 6.16. The van der Waals surface area contributed by atoms with Crippen molar-refractivity contribution < 1.29 is 0 Å². The molecule has 0 fully saturated rings. The molecule has 0 aliphatic rings. The van der Waals surface area contributed by atoms with E-state index in [9.17, 15) is 0 Å². The summed E-state index contributed by atoms with van der Waals surface area (Å²) in [6, 6.07) is 12.2. The molecule has 16 heavy (non-hydrogen) atoms. The van der Waals surface area contributed by atoms with Crippen LogP contribution >= 0.6 is 55.1 Å². The van der Waals surface area contributed by atoms with Crippen LogP contribution in [0.4, 0.5) is 0 Å². The summed E-state index contributed by atoms with van der Waals surface area (Å²) in [6.45, 7) is 0. The lowest BCUT2D eigenvalue weighted by atomic mass is 10.1. The van der Waals surface area contributed by atoms with Gasteiger partial charge in [-0.25, -0.2) is 0 Å². The van der Waals surface area contributed by atoms with Gasteiger partial charge >= 0.3 is 0 Å². The SMILES string of the molecule is Clc1[c]ccc(Cl)c1-c1c(Br)cccc1Br. The largest absolute Gasteiger partial charge is 0.0836 e. The fourth-order valence-electron chi connectivity index (χ4n) is 1.41. The number of hydrogen-bond acceptors (Lipinski definition) is 0. The topological polar surface area (TPSA) is 0 Å². The Kier molecular flexibility index (Phi) is 3.96. The average Bonchev–Trinajstić information content (AvgIpc) is 2.21. The van der Waals surface area contributed by atoms with E-state index in [2.05, 4.69) is 37.9 Å². The van der Waals surface area contributed by atoms with Gasteiger partial charge in [0, 0.05) is 26.1 Å². The normalized spacial score (nSPS) is 10.5. The summed E-state index contributed by atoms with van der Waals surface area (Å²) >= 11 is 19.3. The Hall–Kier alpha value is -0.0200. The van der Waals surface area contributed by atoms with Crippen molar-refractivity contribution in [3.8, 4) is 11.1 Å². The molecule has 2 aromatic rings. The van der Waals surface area contributed by atoms with E-state index in [0.717, 1.165) is 20.1 Å². The Balaban J connectivity index is 2.77. The van der Waals surface area contributed by atoms with Gasteiger partial charge in [0.05, 0.1) is 10.0 Å². The van der Waals surface area contributed by atoms with Crippen LogP contribution in [0.25, 0.3) is 11.1 Å². The Labute approximate surface area is 121 Å². The fourth-order valence-corrected chi connectivity index (χ4v) is 3.37. The predicted molar refractivity (Wildman–Crippen MR) is 76.1 cm³/mol. The highest BCUT2D eigenvalue weighted by Gasteiger charge is 2.14. The Morgan fingerprint density at radius 3 is 2.12 bits per heavy atom. The first-order chi connectivity index (χ1) is 7.61. The summed E-state index contributed by atoms with van der Waals surface area (Å²) in [5, 5.41) is 1.12. The van der Waals surface area contributed by atoms with Crippen molar-refractivity contribution in [2.75, 3.05) is 0 Å². The average molecular weight is 380 g/mol. The molecule has 0 amide bonds.